The number of anilines is 1. The highest BCUT2D eigenvalue weighted by molar-refractivity contribution is 6.03. The van der Waals surface area contributed by atoms with Gasteiger partial charge in [0, 0.05) is 29.9 Å². The van der Waals surface area contributed by atoms with Crippen LogP contribution in [0.25, 0.3) is 11.3 Å². The topological polar surface area (TPSA) is 75.2 Å². The van der Waals surface area contributed by atoms with E-state index < -0.39 is 0 Å². The molecular weight excluding hydrogens is 352 g/mol. The van der Waals surface area contributed by atoms with Crippen LogP contribution < -0.4 is 5.32 Å². The van der Waals surface area contributed by atoms with Crippen molar-refractivity contribution in [2.24, 2.45) is 0 Å². The summed E-state index contributed by atoms with van der Waals surface area (Å²) in [7, 11) is 0. The maximum atomic E-state index is 12.6. The molecule has 1 aromatic heterocycles. The molecular formula is C22H20N4O2. The molecule has 0 spiro atoms. The van der Waals surface area contributed by atoms with Gasteiger partial charge in [0.15, 0.2) is 0 Å². The molecule has 0 saturated carbocycles. The number of carbonyl (C=O) groups excluding carboxylic acids is 2. The van der Waals surface area contributed by atoms with Crippen molar-refractivity contribution in [1.29, 1.82) is 0 Å². The predicted molar refractivity (Wildman–Crippen MR) is 107 cm³/mol. The first-order valence-electron chi connectivity index (χ1n) is 9.29. The van der Waals surface area contributed by atoms with Gasteiger partial charge in [-0.2, -0.15) is 0 Å². The van der Waals surface area contributed by atoms with Crippen molar-refractivity contribution in [2.45, 2.75) is 12.8 Å². The van der Waals surface area contributed by atoms with Crippen molar-refractivity contribution in [2.75, 3.05) is 18.4 Å². The minimum atomic E-state index is -0.329. The maximum Gasteiger partial charge on any atom is 0.275 e. The van der Waals surface area contributed by atoms with Crippen molar-refractivity contribution in [3.63, 3.8) is 0 Å². The largest absolute Gasteiger partial charge is 0.339 e. The van der Waals surface area contributed by atoms with Crippen molar-refractivity contribution in [3.05, 3.63) is 78.2 Å². The molecule has 6 heteroatoms. The van der Waals surface area contributed by atoms with Crippen LogP contribution in [0.3, 0.4) is 0 Å². The number of nitrogens with zero attached hydrogens (tertiary/aromatic N) is 3. The van der Waals surface area contributed by atoms with Crippen molar-refractivity contribution in [1.82, 2.24) is 14.9 Å². The second kappa shape index (κ2) is 8.00. The first-order valence-corrected chi connectivity index (χ1v) is 9.29. The number of hydrogen-bond acceptors (Lipinski definition) is 4. The average Bonchev–Trinajstić information content (AvgIpc) is 3.29. The Morgan fingerprint density at radius 3 is 2.50 bits per heavy atom. The van der Waals surface area contributed by atoms with E-state index in [1.165, 1.54) is 6.20 Å². The van der Waals surface area contributed by atoms with Gasteiger partial charge in [-0.25, -0.2) is 4.98 Å². The first-order chi connectivity index (χ1) is 13.7. The molecule has 6 nitrogen and oxygen atoms in total. The summed E-state index contributed by atoms with van der Waals surface area (Å²) >= 11 is 0. The highest BCUT2D eigenvalue weighted by Crippen LogP contribution is 2.20. The SMILES string of the molecule is O=C(Nc1ccccc1)c1cncc(-c2cccc(C(=O)N3CCCC3)c2)n1. The van der Waals surface area contributed by atoms with Crippen LogP contribution >= 0.6 is 0 Å². The Morgan fingerprint density at radius 1 is 0.929 bits per heavy atom. The average molecular weight is 372 g/mol. The highest BCUT2D eigenvalue weighted by Gasteiger charge is 2.20. The lowest BCUT2D eigenvalue weighted by Crippen LogP contribution is -2.27. The number of aromatic nitrogens is 2. The molecule has 3 aromatic rings. The summed E-state index contributed by atoms with van der Waals surface area (Å²) in [6.45, 7) is 1.61. The van der Waals surface area contributed by atoms with Crippen LogP contribution in [0, 0.1) is 0 Å². The van der Waals surface area contributed by atoms with Crippen LogP contribution in [0.15, 0.2) is 67.0 Å². The van der Waals surface area contributed by atoms with Gasteiger partial charge in [0.25, 0.3) is 11.8 Å². The second-order valence-corrected chi connectivity index (χ2v) is 6.69. The third-order valence-electron chi connectivity index (χ3n) is 4.70. The number of hydrogen-bond donors (Lipinski definition) is 1. The molecule has 2 amide bonds. The van der Waals surface area contributed by atoms with E-state index in [1.807, 2.05) is 59.5 Å². The van der Waals surface area contributed by atoms with E-state index in [1.54, 1.807) is 6.20 Å². The molecule has 0 unspecified atom stereocenters. The molecule has 0 radical (unpaired) electrons. The van der Waals surface area contributed by atoms with Gasteiger partial charge in [0.05, 0.1) is 18.1 Å². The number of amides is 2. The number of likely N-dealkylation sites (tertiary alicyclic amines) is 1. The van der Waals surface area contributed by atoms with Crippen molar-refractivity contribution >= 4 is 17.5 Å². The molecule has 0 atom stereocenters. The molecule has 1 aliphatic heterocycles. The minimum absolute atomic E-state index is 0.0327. The van der Waals surface area contributed by atoms with Crippen molar-refractivity contribution < 1.29 is 9.59 Å². The summed E-state index contributed by atoms with van der Waals surface area (Å²) in [6.07, 6.45) is 5.13. The van der Waals surface area contributed by atoms with Gasteiger partial charge in [-0.1, -0.05) is 30.3 Å². The smallest absolute Gasteiger partial charge is 0.275 e. The molecule has 1 N–H and O–H groups in total. The van der Waals surface area contributed by atoms with E-state index in [9.17, 15) is 9.59 Å². The molecule has 1 saturated heterocycles. The van der Waals surface area contributed by atoms with E-state index in [4.69, 9.17) is 0 Å². The number of nitrogens with one attached hydrogen (secondary N) is 1. The Balaban J connectivity index is 1.56. The van der Waals surface area contributed by atoms with Gasteiger partial charge in [-0.3, -0.25) is 14.6 Å². The van der Waals surface area contributed by atoms with Gasteiger partial charge >= 0.3 is 0 Å². The van der Waals surface area contributed by atoms with E-state index >= 15 is 0 Å². The fourth-order valence-corrected chi connectivity index (χ4v) is 3.25. The standard InChI is InChI=1S/C22H20N4O2/c27-21(24-18-9-2-1-3-10-18)20-15-23-14-19(25-20)16-7-6-8-17(13-16)22(28)26-11-4-5-12-26/h1-3,6-10,13-15H,4-5,11-12H2,(H,24,27). The Hall–Kier alpha value is -3.54. The Morgan fingerprint density at radius 2 is 1.71 bits per heavy atom. The molecule has 0 bridgehead atoms. The fraction of sp³-hybridized carbons (Fsp3) is 0.182. The summed E-state index contributed by atoms with van der Waals surface area (Å²) in [4.78, 5) is 35.6. The number of carbonyl (C=O) groups is 2. The van der Waals surface area contributed by atoms with E-state index in [0.29, 0.717) is 16.9 Å². The van der Waals surface area contributed by atoms with Crippen LogP contribution in [-0.2, 0) is 0 Å². The second-order valence-electron chi connectivity index (χ2n) is 6.69. The van der Waals surface area contributed by atoms with E-state index in [0.717, 1.165) is 31.5 Å². The quantitative estimate of drug-likeness (QED) is 0.759. The van der Waals surface area contributed by atoms with Crippen LogP contribution in [0.4, 0.5) is 5.69 Å². The normalized spacial score (nSPS) is 13.4. The lowest BCUT2D eigenvalue weighted by molar-refractivity contribution is 0.0792. The molecule has 28 heavy (non-hydrogen) atoms. The first kappa shape index (κ1) is 17.9. The number of para-hydroxylation sites is 1. The molecule has 0 aliphatic carbocycles. The van der Waals surface area contributed by atoms with Crippen LogP contribution in [0.2, 0.25) is 0 Å². The lowest BCUT2D eigenvalue weighted by atomic mass is 10.1. The highest BCUT2D eigenvalue weighted by atomic mass is 16.2. The van der Waals surface area contributed by atoms with Gasteiger partial charge in [-0.15, -0.1) is 0 Å². The molecule has 2 heterocycles. The van der Waals surface area contributed by atoms with Gasteiger partial charge < -0.3 is 10.2 Å². The van der Waals surface area contributed by atoms with Gasteiger partial charge in [0.2, 0.25) is 0 Å². The summed E-state index contributed by atoms with van der Waals surface area (Å²) in [5, 5.41) is 2.80. The Kier molecular flexibility index (Phi) is 5.10. The third-order valence-corrected chi connectivity index (χ3v) is 4.70. The molecule has 2 aromatic carbocycles. The minimum Gasteiger partial charge on any atom is -0.339 e. The third kappa shape index (κ3) is 3.91. The summed E-state index contributed by atoms with van der Waals surface area (Å²) < 4.78 is 0. The van der Waals surface area contributed by atoms with Crippen LogP contribution in [0.5, 0.6) is 0 Å². The molecule has 1 aliphatic rings. The van der Waals surface area contributed by atoms with Crippen LogP contribution in [0.1, 0.15) is 33.7 Å². The predicted octanol–water partition coefficient (Wildman–Crippen LogP) is 3.63. The molecule has 4 rings (SSSR count). The summed E-state index contributed by atoms with van der Waals surface area (Å²) in [6, 6.07) is 16.5. The van der Waals surface area contributed by atoms with Crippen molar-refractivity contribution in [3.8, 4) is 11.3 Å². The van der Waals surface area contributed by atoms with Gasteiger partial charge in [0.1, 0.15) is 5.69 Å². The zero-order valence-electron chi connectivity index (χ0n) is 15.3. The zero-order chi connectivity index (χ0) is 19.3. The Labute approximate surface area is 163 Å². The Bertz CT molecular complexity index is 998. The van der Waals surface area contributed by atoms with Gasteiger partial charge in [-0.05, 0) is 37.1 Å². The fourth-order valence-electron chi connectivity index (χ4n) is 3.25. The molecule has 1 fully saturated rings. The number of rotatable bonds is 4. The van der Waals surface area contributed by atoms with E-state index in [-0.39, 0.29) is 17.5 Å². The summed E-state index contributed by atoms with van der Waals surface area (Å²) in [5.41, 5.74) is 2.85. The lowest BCUT2D eigenvalue weighted by Gasteiger charge is -2.15. The van der Waals surface area contributed by atoms with E-state index in [2.05, 4.69) is 15.3 Å². The monoisotopic (exact) mass is 372 g/mol. The zero-order valence-corrected chi connectivity index (χ0v) is 15.3. The maximum absolute atomic E-state index is 12.6. The number of benzene rings is 2. The molecule has 140 valence electrons. The van der Waals surface area contributed by atoms with Crippen LogP contribution in [-0.4, -0.2) is 39.8 Å². The summed E-state index contributed by atoms with van der Waals surface area (Å²) in [5.74, 6) is -0.296.